The number of hydrogen-bond acceptors (Lipinski definition) is 2. The van der Waals surface area contributed by atoms with Gasteiger partial charge in [-0.1, -0.05) is 13.8 Å². The van der Waals surface area contributed by atoms with Gasteiger partial charge in [0.05, 0.1) is 6.54 Å². The van der Waals surface area contributed by atoms with Crippen LogP contribution in [0.2, 0.25) is 0 Å². The Balaban J connectivity index is 3.62. The Labute approximate surface area is 63.2 Å². The van der Waals surface area contributed by atoms with Gasteiger partial charge in [0, 0.05) is 5.92 Å². The summed E-state index contributed by atoms with van der Waals surface area (Å²) < 4.78 is 0. The zero-order valence-electron chi connectivity index (χ0n) is 7.35. The fourth-order valence-electron chi connectivity index (χ4n) is 0.695. The summed E-state index contributed by atoms with van der Waals surface area (Å²) in [5.41, 5.74) is 0. The van der Waals surface area contributed by atoms with Crippen molar-refractivity contribution in [2.75, 3.05) is 20.6 Å². The predicted octanol–water partition coefficient (Wildman–Crippen LogP) is 1.16. The van der Waals surface area contributed by atoms with E-state index in [-0.39, 0.29) is 5.92 Å². The molecule has 0 saturated carbocycles. The predicted molar refractivity (Wildman–Crippen MR) is 43.0 cm³/mol. The maximum Gasteiger partial charge on any atom is 0.149 e. The van der Waals surface area contributed by atoms with E-state index in [9.17, 15) is 4.79 Å². The lowest BCUT2D eigenvalue weighted by Gasteiger charge is -2.11. The summed E-state index contributed by atoms with van der Waals surface area (Å²) in [6.45, 7) is 4.60. The summed E-state index contributed by atoms with van der Waals surface area (Å²) >= 11 is 0. The minimum absolute atomic E-state index is 0.224. The van der Waals surface area contributed by atoms with Crippen molar-refractivity contribution in [1.29, 1.82) is 0 Å². The van der Waals surface area contributed by atoms with Crippen LogP contribution in [0, 0.1) is 5.92 Å². The van der Waals surface area contributed by atoms with E-state index in [4.69, 9.17) is 0 Å². The maximum absolute atomic E-state index is 11.1. The molecule has 0 fully saturated rings. The highest BCUT2D eigenvalue weighted by Crippen LogP contribution is 2.01. The number of nitrogens with zero attached hydrogens (tertiary/aromatic N) is 1. The molecule has 0 aromatic heterocycles. The molecular weight excluding hydrogens is 126 g/mol. The maximum atomic E-state index is 11.1. The van der Waals surface area contributed by atoms with E-state index in [1.807, 2.05) is 32.8 Å². The summed E-state index contributed by atoms with van der Waals surface area (Å²) in [7, 11) is 3.83. The second-order valence-corrected chi connectivity index (χ2v) is 3.01. The molecule has 10 heavy (non-hydrogen) atoms. The molecule has 0 N–H and O–H groups in total. The quantitative estimate of drug-likeness (QED) is 0.588. The van der Waals surface area contributed by atoms with Crippen LogP contribution in [-0.2, 0) is 4.79 Å². The van der Waals surface area contributed by atoms with E-state index in [2.05, 4.69) is 0 Å². The highest BCUT2D eigenvalue weighted by molar-refractivity contribution is 5.82. The zero-order chi connectivity index (χ0) is 8.15. The van der Waals surface area contributed by atoms with Gasteiger partial charge < -0.3 is 4.90 Å². The first-order valence-electron chi connectivity index (χ1n) is 3.75. The van der Waals surface area contributed by atoms with Crippen molar-refractivity contribution in [2.24, 2.45) is 5.92 Å². The van der Waals surface area contributed by atoms with E-state index in [1.54, 1.807) is 0 Å². The van der Waals surface area contributed by atoms with Crippen LogP contribution in [0.4, 0.5) is 0 Å². The largest absolute Gasteiger partial charge is 0.302 e. The van der Waals surface area contributed by atoms with Crippen LogP contribution in [0.1, 0.15) is 20.3 Å². The minimum atomic E-state index is 0.224. The van der Waals surface area contributed by atoms with E-state index < -0.39 is 0 Å². The van der Waals surface area contributed by atoms with Crippen molar-refractivity contribution < 1.29 is 4.79 Å². The number of hydrogen-bond donors (Lipinski definition) is 0. The molecule has 0 aliphatic carbocycles. The molecule has 1 unspecified atom stereocenters. The Bertz CT molecular complexity index is 110. The molecule has 0 rings (SSSR count). The highest BCUT2D eigenvalue weighted by atomic mass is 16.1. The SMILES string of the molecule is CCC(C)C(=O)CN(C)C. The monoisotopic (exact) mass is 143 g/mol. The Morgan fingerprint density at radius 3 is 2.30 bits per heavy atom. The smallest absolute Gasteiger partial charge is 0.149 e. The van der Waals surface area contributed by atoms with Crippen molar-refractivity contribution in [2.45, 2.75) is 20.3 Å². The van der Waals surface area contributed by atoms with Crippen molar-refractivity contribution in [3.63, 3.8) is 0 Å². The Hall–Kier alpha value is -0.370. The van der Waals surface area contributed by atoms with Crippen molar-refractivity contribution in [3.8, 4) is 0 Å². The molecule has 2 heteroatoms. The van der Waals surface area contributed by atoms with E-state index in [1.165, 1.54) is 0 Å². The second-order valence-electron chi connectivity index (χ2n) is 3.01. The zero-order valence-corrected chi connectivity index (χ0v) is 7.35. The van der Waals surface area contributed by atoms with Gasteiger partial charge in [-0.2, -0.15) is 0 Å². The molecule has 0 radical (unpaired) electrons. The summed E-state index contributed by atoms with van der Waals surface area (Å²) in [5, 5.41) is 0. The average Bonchev–Trinajstić information content (AvgIpc) is 1.85. The van der Waals surface area contributed by atoms with Crippen LogP contribution >= 0.6 is 0 Å². The number of carbonyl (C=O) groups excluding carboxylic acids is 1. The summed E-state index contributed by atoms with van der Waals surface area (Å²) in [6, 6.07) is 0. The Kier molecular flexibility index (Phi) is 4.28. The number of carbonyl (C=O) groups is 1. The van der Waals surface area contributed by atoms with Crippen LogP contribution in [0.5, 0.6) is 0 Å². The van der Waals surface area contributed by atoms with Gasteiger partial charge in [-0.05, 0) is 20.5 Å². The van der Waals surface area contributed by atoms with Gasteiger partial charge in [0.2, 0.25) is 0 Å². The Morgan fingerprint density at radius 2 is 2.00 bits per heavy atom. The molecule has 0 aromatic rings. The number of ketones is 1. The lowest BCUT2D eigenvalue weighted by molar-refractivity contribution is -0.123. The van der Waals surface area contributed by atoms with Crippen molar-refractivity contribution in [3.05, 3.63) is 0 Å². The molecule has 0 aliphatic rings. The second kappa shape index (κ2) is 4.45. The third-order valence-electron chi connectivity index (χ3n) is 1.63. The fraction of sp³-hybridized carbons (Fsp3) is 0.875. The fourth-order valence-corrected chi connectivity index (χ4v) is 0.695. The summed E-state index contributed by atoms with van der Waals surface area (Å²) in [5.74, 6) is 0.565. The van der Waals surface area contributed by atoms with Gasteiger partial charge in [0.1, 0.15) is 5.78 Å². The molecule has 0 amide bonds. The van der Waals surface area contributed by atoms with Crippen LogP contribution < -0.4 is 0 Å². The lowest BCUT2D eigenvalue weighted by Crippen LogP contribution is -2.25. The third kappa shape index (κ3) is 3.62. The van der Waals surface area contributed by atoms with Crippen molar-refractivity contribution >= 4 is 5.78 Å². The lowest BCUT2D eigenvalue weighted by atomic mass is 10.0. The highest BCUT2D eigenvalue weighted by Gasteiger charge is 2.10. The first-order chi connectivity index (χ1) is 4.57. The van der Waals surface area contributed by atoms with Crippen LogP contribution in [0.15, 0.2) is 0 Å². The Morgan fingerprint density at radius 1 is 1.50 bits per heavy atom. The molecule has 2 nitrogen and oxygen atoms in total. The summed E-state index contributed by atoms with van der Waals surface area (Å²) in [6.07, 6.45) is 0.951. The standard InChI is InChI=1S/C8H17NO/c1-5-7(2)8(10)6-9(3)4/h7H,5-6H2,1-4H3. The number of rotatable bonds is 4. The topological polar surface area (TPSA) is 20.3 Å². The molecule has 0 aliphatic heterocycles. The van der Waals surface area contributed by atoms with Crippen molar-refractivity contribution in [1.82, 2.24) is 4.90 Å². The first-order valence-corrected chi connectivity index (χ1v) is 3.75. The minimum Gasteiger partial charge on any atom is -0.302 e. The van der Waals surface area contributed by atoms with Gasteiger partial charge in [0.25, 0.3) is 0 Å². The van der Waals surface area contributed by atoms with E-state index in [0.717, 1.165) is 6.42 Å². The van der Waals surface area contributed by atoms with Gasteiger partial charge in [0.15, 0.2) is 0 Å². The van der Waals surface area contributed by atoms with Gasteiger partial charge in [-0.25, -0.2) is 0 Å². The molecule has 0 heterocycles. The van der Waals surface area contributed by atoms with Gasteiger partial charge in [-0.3, -0.25) is 4.79 Å². The van der Waals surface area contributed by atoms with Gasteiger partial charge in [-0.15, -0.1) is 0 Å². The molecule has 1 atom stereocenters. The van der Waals surface area contributed by atoms with E-state index >= 15 is 0 Å². The third-order valence-corrected chi connectivity index (χ3v) is 1.63. The molecule has 0 spiro atoms. The number of Topliss-reactive ketones (excluding diaryl/α,β-unsaturated/α-hetero) is 1. The number of likely N-dealkylation sites (N-methyl/N-ethyl adjacent to an activating group) is 1. The van der Waals surface area contributed by atoms with Crippen LogP contribution in [0.25, 0.3) is 0 Å². The average molecular weight is 143 g/mol. The van der Waals surface area contributed by atoms with Crippen LogP contribution in [-0.4, -0.2) is 31.3 Å². The first kappa shape index (κ1) is 9.63. The molecular formula is C8H17NO. The molecule has 0 saturated heterocycles. The normalized spacial score (nSPS) is 13.7. The molecule has 60 valence electrons. The molecule has 0 aromatic carbocycles. The summed E-state index contributed by atoms with van der Waals surface area (Å²) in [4.78, 5) is 13.1. The van der Waals surface area contributed by atoms with Crippen LogP contribution in [0.3, 0.4) is 0 Å². The molecule has 0 bridgehead atoms. The van der Waals surface area contributed by atoms with E-state index in [0.29, 0.717) is 12.3 Å². The van der Waals surface area contributed by atoms with Gasteiger partial charge >= 0.3 is 0 Å².